The van der Waals surface area contributed by atoms with Crippen molar-refractivity contribution in [2.75, 3.05) is 0 Å². The van der Waals surface area contributed by atoms with Crippen LogP contribution in [0.5, 0.6) is 0 Å². The van der Waals surface area contributed by atoms with Crippen molar-refractivity contribution < 1.29 is 0 Å². The Bertz CT molecular complexity index is 201. The summed E-state index contributed by atoms with van der Waals surface area (Å²) in [4.78, 5) is 10.3. The lowest BCUT2D eigenvalue weighted by molar-refractivity contribution is 0.907. The van der Waals surface area contributed by atoms with Crippen LogP contribution in [-0.4, -0.2) is 13.2 Å². The second-order valence-corrected chi connectivity index (χ2v) is 1.94. The van der Waals surface area contributed by atoms with Crippen molar-refractivity contribution in [1.29, 1.82) is 0 Å². The Labute approximate surface area is 53.0 Å². The highest BCUT2D eigenvalue weighted by atomic mass is 127. The monoisotopic (exact) mass is 211 g/mol. The Hall–Kier alpha value is -0.330. The maximum atomic E-state index is 10.3. The van der Waals surface area contributed by atoms with E-state index >= 15 is 0 Å². The molecule has 0 amide bonds. The number of rotatable bonds is 0. The first-order chi connectivity index (χ1) is 3.30. The largest absolute Gasteiger partial charge is 0.295 e. The number of H-pyrrole nitrogens is 1. The molecule has 1 heterocycles. The van der Waals surface area contributed by atoms with Gasteiger partial charge in [0.1, 0.15) is 6.20 Å². The lowest BCUT2D eigenvalue weighted by Crippen LogP contribution is -2.03. The first-order valence-corrected chi connectivity index (χ1v) is 2.56. The molecule has 0 aliphatic rings. The van der Waals surface area contributed by atoms with Gasteiger partial charge >= 0.3 is 0 Å². The number of hydrogen-bond acceptors (Lipinski definition) is 2. The molecule has 1 aromatic rings. The Morgan fingerprint density at radius 3 is 2.86 bits per heavy atom. The van der Waals surface area contributed by atoms with Crippen LogP contribution in [-0.2, 0) is 0 Å². The van der Waals surface area contributed by atoms with E-state index in [-0.39, 0.29) is 5.56 Å². The van der Waals surface area contributed by atoms with Gasteiger partial charge < -0.3 is 0 Å². The van der Waals surface area contributed by atoms with Gasteiger partial charge in [-0.2, -0.15) is 7.99 Å². The van der Waals surface area contributed by atoms with Gasteiger partial charge in [-0.15, -0.1) is 0 Å². The molecule has 1 aromatic heterocycles. The van der Waals surface area contributed by atoms with Crippen LogP contribution >= 0.6 is 22.9 Å². The number of nitrogens with zero attached hydrogens (tertiary/aromatic N) is 2. The molecule has 0 saturated heterocycles. The highest BCUT2D eigenvalue weighted by Crippen LogP contribution is 1.75. The van der Waals surface area contributed by atoms with E-state index in [9.17, 15) is 4.79 Å². The van der Waals surface area contributed by atoms with E-state index in [1.807, 2.05) is 0 Å². The van der Waals surface area contributed by atoms with Crippen molar-refractivity contribution in [3.05, 3.63) is 16.6 Å². The fraction of sp³-hybridized carbons (Fsp3) is 0. The maximum absolute atomic E-state index is 10.3. The van der Waals surface area contributed by atoms with Crippen LogP contribution < -0.4 is 5.56 Å². The Kier molecular flexibility index (Phi) is 1.13. The Morgan fingerprint density at radius 1 is 2.00 bits per heavy atom. The van der Waals surface area contributed by atoms with Crippen LogP contribution in [0.1, 0.15) is 0 Å². The van der Waals surface area contributed by atoms with E-state index < -0.39 is 0 Å². The summed E-state index contributed by atoms with van der Waals surface area (Å²) in [7, 11) is 0. The SMILES string of the molecule is O=c1cn[nH]n1I. The van der Waals surface area contributed by atoms with Gasteiger partial charge in [0, 0.05) is 0 Å². The van der Waals surface area contributed by atoms with Gasteiger partial charge in [0.25, 0.3) is 5.56 Å². The summed E-state index contributed by atoms with van der Waals surface area (Å²) in [5.74, 6) is 0. The second kappa shape index (κ2) is 1.65. The third kappa shape index (κ3) is 0.817. The minimum atomic E-state index is -0.124. The average molecular weight is 211 g/mol. The first kappa shape index (κ1) is 4.82. The van der Waals surface area contributed by atoms with E-state index in [0.29, 0.717) is 0 Å². The number of aromatic nitrogens is 3. The van der Waals surface area contributed by atoms with Gasteiger partial charge in [0.15, 0.2) is 0 Å². The van der Waals surface area contributed by atoms with Crippen molar-refractivity contribution in [3.8, 4) is 0 Å². The molecule has 0 aromatic carbocycles. The summed E-state index contributed by atoms with van der Waals surface area (Å²) in [6, 6.07) is 0. The number of aromatic amines is 1. The van der Waals surface area contributed by atoms with Crippen LogP contribution in [0.3, 0.4) is 0 Å². The highest BCUT2D eigenvalue weighted by molar-refractivity contribution is 14.1. The molecule has 0 spiro atoms. The lowest BCUT2D eigenvalue weighted by atomic mass is 10.9. The summed E-state index contributed by atoms with van der Waals surface area (Å²) in [6.45, 7) is 0. The fourth-order valence-electron chi connectivity index (χ4n) is 0.235. The maximum Gasteiger partial charge on any atom is 0.295 e. The minimum absolute atomic E-state index is 0.124. The molecule has 0 aliphatic carbocycles. The molecule has 0 atom stereocenters. The molecular formula is C2H2IN3O. The summed E-state index contributed by atoms with van der Waals surface area (Å²) in [6.07, 6.45) is 1.21. The zero-order chi connectivity index (χ0) is 5.28. The third-order valence-corrected chi connectivity index (χ3v) is 1.21. The van der Waals surface area contributed by atoms with Crippen LogP contribution in [0.25, 0.3) is 0 Å². The molecule has 5 heteroatoms. The van der Waals surface area contributed by atoms with Gasteiger partial charge in [0.2, 0.25) is 0 Å². The molecule has 0 radical (unpaired) electrons. The normalized spacial score (nSPS) is 9.29. The summed E-state index contributed by atoms with van der Waals surface area (Å²) in [5.41, 5.74) is -0.124. The van der Waals surface area contributed by atoms with E-state index in [1.54, 1.807) is 22.9 Å². The van der Waals surface area contributed by atoms with Crippen molar-refractivity contribution in [2.45, 2.75) is 0 Å². The Morgan fingerprint density at radius 2 is 2.71 bits per heavy atom. The van der Waals surface area contributed by atoms with E-state index in [4.69, 9.17) is 0 Å². The van der Waals surface area contributed by atoms with Crippen molar-refractivity contribution in [3.63, 3.8) is 0 Å². The molecule has 4 nitrogen and oxygen atoms in total. The Balaban J connectivity index is 3.39. The fourth-order valence-corrected chi connectivity index (χ4v) is 0.484. The molecular weight excluding hydrogens is 209 g/mol. The van der Waals surface area contributed by atoms with E-state index in [2.05, 4.69) is 10.3 Å². The predicted molar refractivity (Wildman–Crippen MR) is 32.3 cm³/mol. The van der Waals surface area contributed by atoms with E-state index in [0.717, 1.165) is 0 Å². The molecule has 1 rings (SSSR count). The van der Waals surface area contributed by atoms with Crippen LogP contribution in [0, 0.1) is 0 Å². The highest BCUT2D eigenvalue weighted by Gasteiger charge is 1.84. The molecule has 7 heavy (non-hydrogen) atoms. The molecule has 38 valence electrons. The van der Waals surface area contributed by atoms with Gasteiger partial charge in [-0.3, -0.25) is 4.79 Å². The standard InChI is InChI=1S/C2H2IN3O/c3-6-2(7)1-4-5-6/h1,5H. The third-order valence-electron chi connectivity index (χ3n) is 0.514. The lowest BCUT2D eigenvalue weighted by Gasteiger charge is -1.73. The molecule has 0 saturated carbocycles. The molecule has 1 N–H and O–H groups in total. The van der Waals surface area contributed by atoms with Crippen molar-refractivity contribution in [2.24, 2.45) is 0 Å². The zero-order valence-corrected chi connectivity index (χ0v) is 5.42. The van der Waals surface area contributed by atoms with Gasteiger partial charge in [-0.1, -0.05) is 0 Å². The van der Waals surface area contributed by atoms with Gasteiger partial charge in [0.05, 0.1) is 22.9 Å². The zero-order valence-electron chi connectivity index (χ0n) is 3.26. The van der Waals surface area contributed by atoms with Crippen LogP contribution in [0.15, 0.2) is 11.0 Å². The summed E-state index contributed by atoms with van der Waals surface area (Å²) < 4.78 is 1.26. The van der Waals surface area contributed by atoms with Crippen molar-refractivity contribution >= 4 is 22.9 Å². The molecule has 0 unspecified atom stereocenters. The van der Waals surface area contributed by atoms with Gasteiger partial charge in [-0.25, -0.2) is 5.21 Å². The molecule has 0 fully saturated rings. The quantitative estimate of drug-likeness (QED) is 0.602. The predicted octanol–water partition coefficient (Wildman–Crippen LogP) is -0.231. The van der Waals surface area contributed by atoms with Crippen LogP contribution in [0.4, 0.5) is 0 Å². The van der Waals surface area contributed by atoms with Gasteiger partial charge in [-0.05, 0) is 0 Å². The van der Waals surface area contributed by atoms with Crippen LogP contribution in [0.2, 0.25) is 0 Å². The van der Waals surface area contributed by atoms with Crippen molar-refractivity contribution in [1.82, 2.24) is 13.2 Å². The first-order valence-electron chi connectivity index (χ1n) is 1.59. The topological polar surface area (TPSA) is 50.7 Å². The summed E-state index contributed by atoms with van der Waals surface area (Å²) in [5, 5.41) is 5.85. The molecule has 0 aliphatic heterocycles. The average Bonchev–Trinajstić information content (AvgIpc) is 1.91. The number of hydrogen-bond donors (Lipinski definition) is 1. The van der Waals surface area contributed by atoms with E-state index in [1.165, 1.54) is 9.09 Å². The molecule has 0 bridgehead atoms. The number of halogens is 1. The number of nitrogens with one attached hydrogen (secondary N) is 1. The minimum Gasteiger partial charge on any atom is -0.265 e. The second-order valence-electron chi connectivity index (χ2n) is 0.977. The smallest absolute Gasteiger partial charge is 0.265 e. The summed E-state index contributed by atoms with van der Waals surface area (Å²) >= 11 is 1.81.